The zero-order valence-corrected chi connectivity index (χ0v) is 14.1. The molecule has 2 rings (SSSR count). The van der Waals surface area contributed by atoms with Crippen LogP contribution in [0.25, 0.3) is 0 Å². The van der Waals surface area contributed by atoms with Gasteiger partial charge in [0.2, 0.25) is 11.8 Å². The molecule has 0 radical (unpaired) electrons. The van der Waals surface area contributed by atoms with Gasteiger partial charge in [-0.05, 0) is 56.5 Å². The van der Waals surface area contributed by atoms with E-state index >= 15 is 0 Å². The second-order valence-corrected chi connectivity index (χ2v) is 6.21. The molecule has 126 valence electrons. The molecule has 3 N–H and O–H groups in total. The molecule has 1 heterocycles. The summed E-state index contributed by atoms with van der Waals surface area (Å²) in [5.41, 5.74) is 2.54. The van der Waals surface area contributed by atoms with E-state index < -0.39 is 0 Å². The number of benzene rings is 1. The summed E-state index contributed by atoms with van der Waals surface area (Å²) < 4.78 is 0. The molecule has 0 bridgehead atoms. The Morgan fingerprint density at radius 1 is 1.30 bits per heavy atom. The van der Waals surface area contributed by atoms with Crippen LogP contribution >= 0.6 is 0 Å². The normalized spacial score (nSPS) is 17.6. The molecule has 5 nitrogen and oxygen atoms in total. The summed E-state index contributed by atoms with van der Waals surface area (Å²) in [6.45, 7) is 5.75. The van der Waals surface area contributed by atoms with Crippen molar-refractivity contribution in [2.75, 3.05) is 23.7 Å². The first-order valence-electron chi connectivity index (χ1n) is 8.52. The van der Waals surface area contributed by atoms with E-state index in [1.54, 1.807) is 0 Å². The molecule has 23 heavy (non-hydrogen) atoms. The van der Waals surface area contributed by atoms with E-state index in [9.17, 15) is 9.59 Å². The van der Waals surface area contributed by atoms with Crippen molar-refractivity contribution in [2.45, 2.75) is 46.0 Å². The monoisotopic (exact) mass is 317 g/mol. The van der Waals surface area contributed by atoms with Crippen molar-refractivity contribution in [3.63, 3.8) is 0 Å². The number of aryl methyl sites for hydroxylation is 1. The van der Waals surface area contributed by atoms with Crippen molar-refractivity contribution >= 4 is 23.2 Å². The molecule has 1 aromatic rings. The van der Waals surface area contributed by atoms with Gasteiger partial charge in [0, 0.05) is 24.3 Å². The van der Waals surface area contributed by atoms with Crippen molar-refractivity contribution < 1.29 is 9.59 Å². The van der Waals surface area contributed by atoms with Crippen LogP contribution in [0.15, 0.2) is 18.2 Å². The first kappa shape index (κ1) is 17.5. The fourth-order valence-electron chi connectivity index (χ4n) is 2.75. The average Bonchev–Trinajstić information content (AvgIpc) is 2.56. The molecule has 5 heteroatoms. The van der Waals surface area contributed by atoms with Crippen LogP contribution in [-0.4, -0.2) is 24.9 Å². The molecule has 1 saturated heterocycles. The Morgan fingerprint density at radius 2 is 2.13 bits per heavy atom. The average molecular weight is 317 g/mol. The van der Waals surface area contributed by atoms with Crippen LogP contribution in [0.2, 0.25) is 0 Å². The van der Waals surface area contributed by atoms with Crippen LogP contribution in [0.5, 0.6) is 0 Å². The zero-order valence-electron chi connectivity index (χ0n) is 14.1. The lowest BCUT2D eigenvalue weighted by molar-refractivity contribution is -0.120. The Bertz CT molecular complexity index is 551. The molecule has 0 aromatic heterocycles. The molecule has 0 unspecified atom stereocenters. The molecule has 2 amide bonds. The van der Waals surface area contributed by atoms with Crippen molar-refractivity contribution in [3.05, 3.63) is 23.8 Å². The lowest BCUT2D eigenvalue weighted by Gasteiger charge is -2.22. The van der Waals surface area contributed by atoms with Crippen molar-refractivity contribution in [1.82, 2.24) is 5.32 Å². The summed E-state index contributed by atoms with van der Waals surface area (Å²) in [7, 11) is 0. The Balaban J connectivity index is 1.93. The molecule has 0 aliphatic carbocycles. The number of nitrogens with one attached hydrogen (secondary N) is 3. The Morgan fingerprint density at radius 3 is 2.78 bits per heavy atom. The van der Waals surface area contributed by atoms with Gasteiger partial charge in [0.1, 0.15) is 0 Å². The molecule has 0 saturated carbocycles. The van der Waals surface area contributed by atoms with Crippen LogP contribution in [0, 0.1) is 12.8 Å². The number of amides is 2. The molecule has 1 atom stereocenters. The molecular weight excluding hydrogens is 290 g/mol. The Labute approximate surface area is 138 Å². The van der Waals surface area contributed by atoms with Crippen LogP contribution in [-0.2, 0) is 9.59 Å². The number of hydrogen-bond donors (Lipinski definition) is 3. The van der Waals surface area contributed by atoms with Gasteiger partial charge in [0.15, 0.2) is 0 Å². The fourth-order valence-corrected chi connectivity index (χ4v) is 2.75. The first-order chi connectivity index (χ1) is 11.1. The summed E-state index contributed by atoms with van der Waals surface area (Å²) in [4.78, 5) is 24.0. The fraction of sp³-hybridized carbons (Fsp3) is 0.556. The summed E-state index contributed by atoms with van der Waals surface area (Å²) in [6.07, 6.45) is 4.42. The minimum absolute atomic E-state index is 0.0393. The summed E-state index contributed by atoms with van der Waals surface area (Å²) in [5, 5.41) is 9.15. The van der Waals surface area contributed by atoms with Crippen molar-refractivity contribution in [2.24, 2.45) is 5.92 Å². The van der Waals surface area contributed by atoms with Gasteiger partial charge in [-0.2, -0.15) is 0 Å². The van der Waals surface area contributed by atoms with Crippen LogP contribution in [0.4, 0.5) is 11.4 Å². The van der Waals surface area contributed by atoms with Gasteiger partial charge in [-0.3, -0.25) is 9.59 Å². The number of hydrogen-bond acceptors (Lipinski definition) is 3. The second-order valence-electron chi connectivity index (χ2n) is 6.21. The Hall–Kier alpha value is -1.88. The van der Waals surface area contributed by atoms with Crippen molar-refractivity contribution in [3.8, 4) is 0 Å². The third-order valence-electron chi connectivity index (χ3n) is 4.19. The number of carbonyl (C=O) groups excluding carboxylic acids is 2. The molecule has 1 aliphatic rings. The summed E-state index contributed by atoms with van der Waals surface area (Å²) in [5.74, 6) is 0.147. The largest absolute Gasteiger partial charge is 0.326 e. The third kappa shape index (κ3) is 5.36. The number of carbonyl (C=O) groups is 2. The highest BCUT2D eigenvalue weighted by atomic mass is 16.2. The zero-order chi connectivity index (χ0) is 16.7. The smallest absolute Gasteiger partial charge is 0.228 e. The third-order valence-corrected chi connectivity index (χ3v) is 4.19. The topological polar surface area (TPSA) is 70.2 Å². The predicted octanol–water partition coefficient (Wildman–Crippen LogP) is 3.06. The predicted molar refractivity (Wildman–Crippen MR) is 93.6 cm³/mol. The number of rotatable bonds is 6. The minimum Gasteiger partial charge on any atom is -0.326 e. The maximum Gasteiger partial charge on any atom is 0.228 e. The van der Waals surface area contributed by atoms with Gasteiger partial charge in [-0.1, -0.05) is 13.3 Å². The lowest BCUT2D eigenvalue weighted by atomic mass is 9.98. The summed E-state index contributed by atoms with van der Waals surface area (Å²) in [6, 6.07) is 5.61. The van der Waals surface area contributed by atoms with Gasteiger partial charge in [-0.25, -0.2) is 0 Å². The molecule has 0 spiro atoms. The quantitative estimate of drug-likeness (QED) is 0.755. The van der Waals surface area contributed by atoms with Gasteiger partial charge in [0.05, 0.1) is 5.92 Å². The van der Waals surface area contributed by atoms with Crippen molar-refractivity contribution in [1.29, 1.82) is 0 Å². The molecule has 1 fully saturated rings. The highest BCUT2D eigenvalue weighted by molar-refractivity contribution is 5.94. The highest BCUT2D eigenvalue weighted by Crippen LogP contribution is 2.21. The Kier molecular flexibility index (Phi) is 6.59. The van der Waals surface area contributed by atoms with Gasteiger partial charge >= 0.3 is 0 Å². The van der Waals surface area contributed by atoms with E-state index in [-0.39, 0.29) is 17.7 Å². The first-order valence-corrected chi connectivity index (χ1v) is 8.52. The molecule has 1 aliphatic heterocycles. The maximum absolute atomic E-state index is 12.2. The van der Waals surface area contributed by atoms with Gasteiger partial charge < -0.3 is 16.0 Å². The van der Waals surface area contributed by atoms with Gasteiger partial charge in [-0.15, -0.1) is 0 Å². The highest BCUT2D eigenvalue weighted by Gasteiger charge is 2.20. The SMILES string of the molecule is CCCCC(=O)Nc1ccc(NC(=O)[C@H]2CCCNC2)cc1C. The molecule has 1 aromatic carbocycles. The van der Waals surface area contributed by atoms with E-state index in [1.165, 1.54) is 0 Å². The molecular formula is C18H27N3O2. The minimum atomic E-state index is 0.0393. The standard InChI is InChI=1S/C18H27N3O2/c1-3-4-7-17(22)21-16-9-8-15(11-13(16)2)20-18(23)14-6-5-10-19-12-14/h8-9,11,14,19H,3-7,10,12H2,1-2H3,(H,20,23)(H,21,22)/t14-/m0/s1. The number of piperidine rings is 1. The lowest BCUT2D eigenvalue weighted by Crippen LogP contribution is -2.37. The number of anilines is 2. The van der Waals surface area contributed by atoms with Crippen LogP contribution in [0.3, 0.4) is 0 Å². The van der Waals surface area contributed by atoms with E-state index in [2.05, 4.69) is 22.9 Å². The maximum atomic E-state index is 12.2. The number of unbranched alkanes of at least 4 members (excludes halogenated alkanes) is 1. The summed E-state index contributed by atoms with van der Waals surface area (Å²) >= 11 is 0. The van der Waals surface area contributed by atoms with E-state index in [0.717, 1.165) is 55.7 Å². The van der Waals surface area contributed by atoms with E-state index in [1.807, 2.05) is 25.1 Å². The van der Waals surface area contributed by atoms with E-state index in [4.69, 9.17) is 0 Å². The van der Waals surface area contributed by atoms with Crippen LogP contribution < -0.4 is 16.0 Å². The second kappa shape index (κ2) is 8.67. The van der Waals surface area contributed by atoms with Crippen LogP contribution in [0.1, 0.15) is 44.6 Å². The van der Waals surface area contributed by atoms with Gasteiger partial charge in [0.25, 0.3) is 0 Å². The van der Waals surface area contributed by atoms with E-state index in [0.29, 0.717) is 6.42 Å².